The Kier molecular flexibility index (Phi) is 5.88. The molecule has 1 amide bonds. The van der Waals surface area contributed by atoms with Gasteiger partial charge in [-0.1, -0.05) is 30.0 Å². The predicted molar refractivity (Wildman–Crippen MR) is 147 cm³/mol. The summed E-state index contributed by atoms with van der Waals surface area (Å²) in [5.74, 6) is 5.88. The topological polar surface area (TPSA) is 151 Å². The summed E-state index contributed by atoms with van der Waals surface area (Å²) < 4.78 is 10.3. The van der Waals surface area contributed by atoms with Crippen molar-refractivity contribution >= 4 is 28.5 Å². The zero-order valence-corrected chi connectivity index (χ0v) is 21.8. The molecular weight excluding hydrogens is 510 g/mol. The molecule has 0 aliphatic carbocycles. The number of carbonyl (C=O) groups excluding carboxylic acids is 1. The quantitative estimate of drug-likeness (QED) is 0.328. The number of aryl methyl sites for hydroxylation is 1. The third-order valence-electron chi connectivity index (χ3n) is 6.60. The second kappa shape index (κ2) is 9.55. The second-order valence-electron chi connectivity index (χ2n) is 9.14. The van der Waals surface area contributed by atoms with E-state index < -0.39 is 11.9 Å². The first-order valence-electron chi connectivity index (χ1n) is 12.3. The molecule has 5 heterocycles. The van der Waals surface area contributed by atoms with Gasteiger partial charge in [-0.2, -0.15) is 10.1 Å². The van der Waals surface area contributed by atoms with Crippen molar-refractivity contribution in [1.29, 1.82) is 0 Å². The van der Waals surface area contributed by atoms with E-state index in [1.165, 1.54) is 15.3 Å². The molecule has 198 valence electrons. The van der Waals surface area contributed by atoms with Crippen LogP contribution in [0, 0.1) is 18.8 Å². The minimum atomic E-state index is -0.736. The van der Waals surface area contributed by atoms with Crippen LogP contribution in [0.25, 0.3) is 22.4 Å². The van der Waals surface area contributed by atoms with Gasteiger partial charge < -0.3 is 15.5 Å². The number of furan rings is 1. The van der Waals surface area contributed by atoms with Crippen LogP contribution in [-0.4, -0.2) is 39.8 Å². The molecule has 6 aromatic rings. The second-order valence-corrected chi connectivity index (χ2v) is 9.14. The van der Waals surface area contributed by atoms with Gasteiger partial charge in [0.05, 0.1) is 34.7 Å². The molecule has 1 atom stereocenters. The number of rotatable bonds is 4. The van der Waals surface area contributed by atoms with E-state index in [4.69, 9.17) is 10.2 Å². The molecule has 6 rings (SSSR count). The van der Waals surface area contributed by atoms with Crippen LogP contribution in [0.15, 0.2) is 70.5 Å². The van der Waals surface area contributed by atoms with Crippen molar-refractivity contribution in [2.45, 2.75) is 19.9 Å². The summed E-state index contributed by atoms with van der Waals surface area (Å²) in [5.41, 5.74) is 8.80. The summed E-state index contributed by atoms with van der Waals surface area (Å²) in [6.07, 6.45) is 6.27. The van der Waals surface area contributed by atoms with Crippen molar-refractivity contribution in [3.63, 3.8) is 0 Å². The van der Waals surface area contributed by atoms with E-state index >= 15 is 0 Å². The maximum absolute atomic E-state index is 14.0. The Morgan fingerprint density at radius 1 is 1.15 bits per heavy atom. The van der Waals surface area contributed by atoms with Crippen LogP contribution in [0.2, 0.25) is 0 Å². The van der Waals surface area contributed by atoms with E-state index in [0.717, 1.165) is 11.3 Å². The van der Waals surface area contributed by atoms with Crippen LogP contribution in [-0.2, 0) is 7.05 Å². The molecule has 0 unspecified atom stereocenters. The SMILES string of the molecule is Cc1c(C#Cc2coc3nc([C@H](C)NC(=O)c4c(N)nn5cccnc45)n(-c4ccccc4)c(=O)c23)cnn1C. The van der Waals surface area contributed by atoms with Gasteiger partial charge in [-0.3, -0.25) is 18.8 Å². The number of hydrogen-bond acceptors (Lipinski definition) is 8. The number of fused-ring (bicyclic) bond motifs is 2. The summed E-state index contributed by atoms with van der Waals surface area (Å²) in [4.78, 5) is 36.2. The van der Waals surface area contributed by atoms with Crippen molar-refractivity contribution in [3.8, 4) is 17.5 Å². The molecule has 0 bridgehead atoms. The van der Waals surface area contributed by atoms with Gasteiger partial charge in [0.25, 0.3) is 11.5 Å². The van der Waals surface area contributed by atoms with Crippen LogP contribution in [0.5, 0.6) is 0 Å². The number of amides is 1. The number of hydrogen-bond donors (Lipinski definition) is 2. The highest BCUT2D eigenvalue weighted by molar-refractivity contribution is 6.04. The van der Waals surface area contributed by atoms with E-state index in [0.29, 0.717) is 16.9 Å². The normalized spacial score (nSPS) is 11.9. The standard InChI is InChI=1S/C28H23N9O3/c1-16(32-26(38)22-23(29)34-36-13-7-12-30-25(22)36)24-33-27-21(28(39)37(24)20-8-5-4-6-9-20)19(15-40-27)11-10-18-14-31-35(3)17(18)2/h4-9,12-16H,1-3H3,(H2,29,34)(H,32,38)/t16-/m0/s1. The van der Waals surface area contributed by atoms with Gasteiger partial charge in [-0.25, -0.2) is 9.50 Å². The first-order valence-corrected chi connectivity index (χ1v) is 12.3. The van der Waals surface area contributed by atoms with E-state index in [9.17, 15) is 9.59 Å². The molecule has 0 spiro atoms. The fourth-order valence-corrected chi connectivity index (χ4v) is 4.43. The lowest BCUT2D eigenvalue weighted by Crippen LogP contribution is -2.33. The maximum atomic E-state index is 14.0. The van der Waals surface area contributed by atoms with E-state index in [2.05, 4.69) is 37.3 Å². The van der Waals surface area contributed by atoms with Gasteiger partial charge in [0.2, 0.25) is 5.71 Å². The number of para-hydroxylation sites is 1. The Morgan fingerprint density at radius 2 is 1.93 bits per heavy atom. The fraction of sp³-hybridized carbons (Fsp3) is 0.143. The molecule has 3 N–H and O–H groups in total. The predicted octanol–water partition coefficient (Wildman–Crippen LogP) is 2.54. The van der Waals surface area contributed by atoms with Crippen LogP contribution in [0.3, 0.4) is 0 Å². The molecule has 0 saturated carbocycles. The van der Waals surface area contributed by atoms with Gasteiger partial charge in [0, 0.05) is 19.4 Å². The van der Waals surface area contributed by atoms with Crippen molar-refractivity contribution in [3.05, 3.63) is 99.8 Å². The highest BCUT2D eigenvalue weighted by atomic mass is 16.3. The zero-order chi connectivity index (χ0) is 28.0. The summed E-state index contributed by atoms with van der Waals surface area (Å²) in [6.45, 7) is 3.63. The zero-order valence-electron chi connectivity index (χ0n) is 21.8. The molecule has 40 heavy (non-hydrogen) atoms. The number of nitrogens with zero attached hydrogens (tertiary/aromatic N) is 7. The van der Waals surface area contributed by atoms with Gasteiger partial charge >= 0.3 is 0 Å². The molecule has 12 nitrogen and oxygen atoms in total. The van der Waals surface area contributed by atoms with Gasteiger partial charge in [-0.05, 0) is 32.0 Å². The van der Waals surface area contributed by atoms with Crippen LogP contribution >= 0.6 is 0 Å². The minimum absolute atomic E-state index is 0.0327. The van der Waals surface area contributed by atoms with Crippen LogP contribution in [0.1, 0.15) is 46.0 Å². The van der Waals surface area contributed by atoms with Gasteiger partial charge in [0.1, 0.15) is 23.0 Å². The Bertz CT molecular complexity index is 2040. The average Bonchev–Trinajstić information content (AvgIpc) is 3.62. The Morgan fingerprint density at radius 3 is 2.67 bits per heavy atom. The first kappa shape index (κ1) is 24.6. The Balaban J connectivity index is 1.45. The van der Waals surface area contributed by atoms with Crippen LogP contribution < -0.4 is 16.6 Å². The van der Waals surface area contributed by atoms with Crippen molar-refractivity contribution in [2.24, 2.45) is 7.05 Å². The summed E-state index contributed by atoms with van der Waals surface area (Å²) in [5, 5.41) is 11.5. The number of aromatic nitrogens is 7. The smallest absolute Gasteiger partial charge is 0.270 e. The van der Waals surface area contributed by atoms with Crippen molar-refractivity contribution in [2.75, 3.05) is 5.73 Å². The summed E-state index contributed by atoms with van der Waals surface area (Å²) >= 11 is 0. The Hall–Kier alpha value is -5.70. The van der Waals surface area contributed by atoms with Crippen LogP contribution in [0.4, 0.5) is 5.82 Å². The van der Waals surface area contributed by atoms with Gasteiger partial charge in [-0.15, -0.1) is 5.10 Å². The van der Waals surface area contributed by atoms with Crippen molar-refractivity contribution in [1.82, 2.24) is 39.2 Å². The summed E-state index contributed by atoms with van der Waals surface area (Å²) in [7, 11) is 1.83. The third kappa shape index (κ3) is 4.06. The fourth-order valence-electron chi connectivity index (χ4n) is 4.43. The lowest BCUT2D eigenvalue weighted by atomic mass is 10.2. The molecular formula is C28H23N9O3. The Labute approximate surface area is 227 Å². The minimum Gasteiger partial charge on any atom is -0.445 e. The molecule has 5 aromatic heterocycles. The molecule has 0 aliphatic heterocycles. The summed E-state index contributed by atoms with van der Waals surface area (Å²) in [6, 6.07) is 9.98. The third-order valence-corrected chi connectivity index (χ3v) is 6.60. The molecule has 0 aliphatic rings. The maximum Gasteiger partial charge on any atom is 0.270 e. The number of nitrogen functional groups attached to an aromatic ring is 1. The monoisotopic (exact) mass is 533 g/mol. The molecule has 0 radical (unpaired) electrons. The van der Waals surface area contributed by atoms with Gasteiger partial charge in [0.15, 0.2) is 11.5 Å². The molecule has 0 fully saturated rings. The lowest BCUT2D eigenvalue weighted by Gasteiger charge is -2.18. The number of nitrogens with one attached hydrogen (secondary N) is 1. The first-order chi connectivity index (χ1) is 19.3. The van der Waals surface area contributed by atoms with E-state index in [-0.39, 0.29) is 33.9 Å². The lowest BCUT2D eigenvalue weighted by molar-refractivity contribution is 0.0940. The highest BCUT2D eigenvalue weighted by Crippen LogP contribution is 2.23. The molecule has 0 saturated heterocycles. The molecule has 12 heteroatoms. The van der Waals surface area contributed by atoms with E-state index in [1.807, 2.05) is 32.2 Å². The van der Waals surface area contributed by atoms with E-state index in [1.54, 1.807) is 48.4 Å². The highest BCUT2D eigenvalue weighted by Gasteiger charge is 2.25. The largest absolute Gasteiger partial charge is 0.445 e. The number of carbonyl (C=O) groups is 1. The average molecular weight is 534 g/mol. The number of anilines is 1. The number of benzene rings is 1. The molecule has 1 aromatic carbocycles. The van der Waals surface area contributed by atoms with Crippen molar-refractivity contribution < 1.29 is 9.21 Å². The number of nitrogens with two attached hydrogens (primary N) is 1.